The summed E-state index contributed by atoms with van der Waals surface area (Å²) in [7, 11) is 0. The van der Waals surface area contributed by atoms with Crippen molar-refractivity contribution in [1.29, 1.82) is 0 Å². The minimum atomic E-state index is -0.332. The number of nitrogens with one attached hydrogen (secondary N) is 2. The van der Waals surface area contributed by atoms with Crippen molar-refractivity contribution in [3.8, 4) is 17.0 Å². The molecule has 0 saturated carbocycles. The number of carbonyl (C=O) groups is 1. The van der Waals surface area contributed by atoms with Crippen molar-refractivity contribution in [2.24, 2.45) is 0 Å². The Labute approximate surface area is 196 Å². The number of hydrogen-bond donors (Lipinski definition) is 2. The molecule has 0 aliphatic heterocycles. The molecule has 0 bridgehead atoms. The molecule has 0 aliphatic rings. The monoisotopic (exact) mass is 461 g/mol. The summed E-state index contributed by atoms with van der Waals surface area (Å²) < 4.78 is 5.54. The van der Waals surface area contributed by atoms with Crippen LogP contribution in [0.3, 0.4) is 0 Å². The molecular formula is C25H23N3O2S2. The Kier molecular flexibility index (Phi) is 6.78. The van der Waals surface area contributed by atoms with Gasteiger partial charge in [-0.1, -0.05) is 68.4 Å². The first-order chi connectivity index (χ1) is 15.5. The minimum Gasteiger partial charge on any atom is -0.484 e. The lowest BCUT2D eigenvalue weighted by Crippen LogP contribution is -2.37. The number of nitrogens with zero attached hydrogens (tertiary/aromatic N) is 1. The first-order valence-corrected chi connectivity index (χ1v) is 11.6. The maximum atomic E-state index is 12.2. The van der Waals surface area contributed by atoms with E-state index in [1.54, 1.807) is 0 Å². The summed E-state index contributed by atoms with van der Waals surface area (Å²) in [6.45, 7) is 4.14. The van der Waals surface area contributed by atoms with E-state index in [4.69, 9.17) is 17.0 Å². The van der Waals surface area contributed by atoms with Crippen molar-refractivity contribution in [3.63, 3.8) is 0 Å². The number of hydrogen-bond acceptors (Lipinski definition) is 5. The SMILES string of the molecule is CC(C)c1ccc(OCC(=O)NC(=S)Nc2nc(-c3cccc4ccccc34)cs2)cc1. The topological polar surface area (TPSA) is 63.2 Å². The van der Waals surface area contributed by atoms with E-state index < -0.39 is 0 Å². The number of thiazole rings is 1. The molecule has 5 nitrogen and oxygen atoms in total. The third kappa shape index (κ3) is 5.30. The molecule has 7 heteroatoms. The first-order valence-electron chi connectivity index (χ1n) is 10.3. The van der Waals surface area contributed by atoms with Crippen LogP contribution in [0.5, 0.6) is 5.75 Å². The van der Waals surface area contributed by atoms with Crippen LogP contribution >= 0.6 is 23.6 Å². The fourth-order valence-electron chi connectivity index (χ4n) is 3.29. The zero-order chi connectivity index (χ0) is 22.5. The summed E-state index contributed by atoms with van der Waals surface area (Å²) in [5.41, 5.74) is 3.13. The predicted octanol–water partition coefficient (Wildman–Crippen LogP) is 5.98. The van der Waals surface area contributed by atoms with E-state index in [-0.39, 0.29) is 17.6 Å². The van der Waals surface area contributed by atoms with Crippen LogP contribution in [0.2, 0.25) is 0 Å². The van der Waals surface area contributed by atoms with Gasteiger partial charge in [0.15, 0.2) is 16.9 Å². The van der Waals surface area contributed by atoms with Gasteiger partial charge in [-0.25, -0.2) is 4.98 Å². The Balaban J connectivity index is 1.32. The van der Waals surface area contributed by atoms with E-state index >= 15 is 0 Å². The standard InChI is InChI=1S/C25H23N3O2S2/c1-16(2)17-10-12-19(13-11-17)30-14-23(29)27-24(31)28-25-26-22(15-32-25)21-9-5-7-18-6-3-4-8-20(18)21/h3-13,15-16H,14H2,1-2H3,(H2,26,27,28,29,31). The lowest BCUT2D eigenvalue weighted by atomic mass is 10.0. The first kappa shape index (κ1) is 21.9. The average molecular weight is 462 g/mol. The number of carbonyl (C=O) groups excluding carboxylic acids is 1. The normalized spacial score (nSPS) is 10.8. The van der Waals surface area contributed by atoms with E-state index in [1.165, 1.54) is 16.9 Å². The molecule has 0 atom stereocenters. The number of aromatic nitrogens is 1. The van der Waals surface area contributed by atoms with E-state index in [0.717, 1.165) is 22.0 Å². The number of amides is 1. The Morgan fingerprint density at radius 3 is 2.59 bits per heavy atom. The molecule has 0 aliphatic carbocycles. The fourth-order valence-corrected chi connectivity index (χ4v) is 4.28. The number of benzene rings is 3. The van der Waals surface area contributed by atoms with Gasteiger partial charge in [-0.3, -0.25) is 10.1 Å². The quantitative estimate of drug-likeness (QED) is 0.346. The number of fused-ring (bicyclic) bond motifs is 1. The van der Waals surface area contributed by atoms with E-state index in [0.29, 0.717) is 16.8 Å². The molecule has 0 radical (unpaired) electrons. The van der Waals surface area contributed by atoms with Gasteiger partial charge < -0.3 is 10.1 Å². The molecule has 3 aromatic carbocycles. The highest BCUT2D eigenvalue weighted by Gasteiger charge is 2.11. The van der Waals surface area contributed by atoms with Gasteiger partial charge in [0, 0.05) is 10.9 Å². The molecule has 0 spiro atoms. The Morgan fingerprint density at radius 2 is 1.81 bits per heavy atom. The van der Waals surface area contributed by atoms with Gasteiger partial charge >= 0.3 is 0 Å². The molecule has 0 fully saturated rings. The molecule has 0 unspecified atom stereocenters. The van der Waals surface area contributed by atoms with Crippen LogP contribution in [-0.4, -0.2) is 22.6 Å². The van der Waals surface area contributed by atoms with Crippen LogP contribution in [0.25, 0.3) is 22.0 Å². The van der Waals surface area contributed by atoms with E-state index in [9.17, 15) is 4.79 Å². The third-order valence-electron chi connectivity index (χ3n) is 4.96. The molecular weight excluding hydrogens is 438 g/mol. The lowest BCUT2D eigenvalue weighted by molar-refractivity contribution is -0.121. The number of rotatable bonds is 6. The van der Waals surface area contributed by atoms with Crippen molar-refractivity contribution in [1.82, 2.24) is 10.3 Å². The second-order valence-corrected chi connectivity index (χ2v) is 8.85. The Bertz CT molecular complexity index is 1240. The van der Waals surface area contributed by atoms with Crippen molar-refractivity contribution in [2.45, 2.75) is 19.8 Å². The molecule has 4 aromatic rings. The molecule has 1 amide bonds. The van der Waals surface area contributed by atoms with Crippen molar-refractivity contribution >= 4 is 50.5 Å². The zero-order valence-electron chi connectivity index (χ0n) is 17.8. The predicted molar refractivity (Wildman–Crippen MR) is 135 cm³/mol. The molecule has 162 valence electrons. The van der Waals surface area contributed by atoms with Crippen LogP contribution in [0.1, 0.15) is 25.3 Å². The van der Waals surface area contributed by atoms with Crippen LogP contribution in [-0.2, 0) is 4.79 Å². The average Bonchev–Trinajstić information content (AvgIpc) is 3.25. The highest BCUT2D eigenvalue weighted by Crippen LogP contribution is 2.30. The summed E-state index contributed by atoms with van der Waals surface area (Å²) in [4.78, 5) is 16.8. The van der Waals surface area contributed by atoms with Crippen LogP contribution in [0.4, 0.5) is 5.13 Å². The van der Waals surface area contributed by atoms with Gasteiger partial charge in [-0.05, 0) is 46.6 Å². The highest BCUT2D eigenvalue weighted by atomic mass is 32.1. The number of anilines is 1. The molecule has 0 saturated heterocycles. The molecule has 32 heavy (non-hydrogen) atoms. The van der Waals surface area contributed by atoms with Gasteiger partial charge in [0.2, 0.25) is 0 Å². The van der Waals surface area contributed by atoms with Crippen molar-refractivity contribution in [2.75, 3.05) is 11.9 Å². The van der Waals surface area contributed by atoms with Gasteiger partial charge in [-0.15, -0.1) is 11.3 Å². The molecule has 1 aromatic heterocycles. The minimum absolute atomic E-state index is 0.123. The maximum absolute atomic E-state index is 12.2. The van der Waals surface area contributed by atoms with E-state index in [1.807, 2.05) is 53.9 Å². The largest absolute Gasteiger partial charge is 0.484 e. The summed E-state index contributed by atoms with van der Waals surface area (Å²) >= 11 is 6.69. The van der Waals surface area contributed by atoms with Crippen LogP contribution < -0.4 is 15.4 Å². The molecule has 4 rings (SSSR count). The van der Waals surface area contributed by atoms with Gasteiger partial charge in [0.1, 0.15) is 5.75 Å². The molecule has 2 N–H and O–H groups in total. The zero-order valence-corrected chi connectivity index (χ0v) is 19.4. The lowest BCUT2D eigenvalue weighted by Gasteiger charge is -2.10. The third-order valence-corrected chi connectivity index (χ3v) is 5.92. The Hall–Kier alpha value is -3.29. The van der Waals surface area contributed by atoms with Crippen molar-refractivity contribution < 1.29 is 9.53 Å². The fraction of sp³-hybridized carbons (Fsp3) is 0.160. The van der Waals surface area contributed by atoms with Crippen LogP contribution in [0.15, 0.2) is 72.1 Å². The van der Waals surface area contributed by atoms with Crippen molar-refractivity contribution in [3.05, 3.63) is 77.7 Å². The van der Waals surface area contributed by atoms with Crippen LogP contribution in [0, 0.1) is 0 Å². The summed E-state index contributed by atoms with van der Waals surface area (Å²) in [6, 6.07) is 22.1. The second-order valence-electron chi connectivity index (χ2n) is 7.58. The van der Waals surface area contributed by atoms with E-state index in [2.05, 4.69) is 47.7 Å². The Morgan fingerprint density at radius 1 is 1.06 bits per heavy atom. The van der Waals surface area contributed by atoms with Gasteiger partial charge in [0.25, 0.3) is 5.91 Å². The highest BCUT2D eigenvalue weighted by molar-refractivity contribution is 7.80. The summed E-state index contributed by atoms with van der Waals surface area (Å²) in [5, 5.41) is 10.7. The number of thiocarbonyl (C=S) groups is 1. The number of ether oxygens (including phenoxy) is 1. The summed E-state index contributed by atoms with van der Waals surface area (Å²) in [6.07, 6.45) is 0. The van der Waals surface area contributed by atoms with Gasteiger partial charge in [0.05, 0.1) is 5.69 Å². The molecule has 1 heterocycles. The smallest absolute Gasteiger partial charge is 0.264 e. The summed E-state index contributed by atoms with van der Waals surface area (Å²) in [5.74, 6) is 0.757. The maximum Gasteiger partial charge on any atom is 0.264 e. The van der Waals surface area contributed by atoms with Gasteiger partial charge in [-0.2, -0.15) is 0 Å². The second kappa shape index (κ2) is 9.89.